The van der Waals surface area contributed by atoms with Gasteiger partial charge in [-0.15, -0.1) is 0 Å². The van der Waals surface area contributed by atoms with Gasteiger partial charge in [0.05, 0.1) is 6.26 Å². The first kappa shape index (κ1) is 16.5. The third kappa shape index (κ3) is 3.88. The highest BCUT2D eigenvalue weighted by molar-refractivity contribution is 5.95. The Labute approximate surface area is 130 Å². The number of aliphatic hydroxyl groups is 1. The molecule has 2 atom stereocenters. The van der Waals surface area contributed by atoms with Gasteiger partial charge in [0.2, 0.25) is 5.91 Å². The van der Waals surface area contributed by atoms with Gasteiger partial charge >= 0.3 is 0 Å². The summed E-state index contributed by atoms with van der Waals surface area (Å²) in [6.45, 7) is 5.12. The Morgan fingerprint density at radius 1 is 1.50 bits per heavy atom. The first-order valence-corrected chi connectivity index (χ1v) is 7.77. The normalized spacial score (nSPS) is 20.0. The summed E-state index contributed by atoms with van der Waals surface area (Å²) in [5, 5.41) is 12.1. The number of rotatable bonds is 5. The smallest absolute Gasteiger partial charge is 0.287 e. The fourth-order valence-corrected chi connectivity index (χ4v) is 2.74. The van der Waals surface area contributed by atoms with Gasteiger partial charge in [0.25, 0.3) is 5.91 Å². The fourth-order valence-electron chi connectivity index (χ4n) is 2.74. The average molecular weight is 308 g/mol. The van der Waals surface area contributed by atoms with Crippen molar-refractivity contribution in [3.8, 4) is 0 Å². The van der Waals surface area contributed by atoms with E-state index in [4.69, 9.17) is 4.42 Å². The van der Waals surface area contributed by atoms with Crippen LogP contribution in [0.1, 0.15) is 37.2 Å². The molecule has 0 aromatic carbocycles. The van der Waals surface area contributed by atoms with E-state index in [1.807, 2.05) is 13.8 Å². The molecule has 1 saturated heterocycles. The van der Waals surface area contributed by atoms with Gasteiger partial charge < -0.3 is 19.7 Å². The van der Waals surface area contributed by atoms with E-state index in [1.165, 1.54) is 6.26 Å². The molecular weight excluding hydrogens is 284 g/mol. The fraction of sp³-hybridized carbons (Fsp3) is 0.625. The Morgan fingerprint density at radius 3 is 2.86 bits per heavy atom. The van der Waals surface area contributed by atoms with Crippen LogP contribution in [-0.4, -0.2) is 47.6 Å². The third-order valence-corrected chi connectivity index (χ3v) is 4.05. The summed E-state index contributed by atoms with van der Waals surface area (Å²) in [5.41, 5.74) is 0. The number of amides is 2. The van der Waals surface area contributed by atoms with Crippen molar-refractivity contribution in [3.63, 3.8) is 0 Å². The molecule has 2 N–H and O–H groups in total. The molecule has 6 heteroatoms. The quantitative estimate of drug-likeness (QED) is 0.858. The lowest BCUT2D eigenvalue weighted by molar-refractivity contribution is -0.136. The summed E-state index contributed by atoms with van der Waals surface area (Å²) in [4.78, 5) is 26.6. The number of aliphatic hydroxyl groups excluding tert-OH is 1. The van der Waals surface area contributed by atoms with Gasteiger partial charge in [-0.3, -0.25) is 9.59 Å². The number of nitrogens with one attached hydrogen (secondary N) is 1. The van der Waals surface area contributed by atoms with Crippen molar-refractivity contribution in [1.29, 1.82) is 0 Å². The Morgan fingerprint density at radius 2 is 2.27 bits per heavy atom. The van der Waals surface area contributed by atoms with Crippen LogP contribution in [0.4, 0.5) is 0 Å². The van der Waals surface area contributed by atoms with Crippen molar-refractivity contribution in [2.24, 2.45) is 11.8 Å². The molecule has 1 aliphatic rings. The molecule has 2 heterocycles. The van der Waals surface area contributed by atoms with Gasteiger partial charge in [-0.1, -0.05) is 13.8 Å². The van der Waals surface area contributed by atoms with Crippen LogP contribution < -0.4 is 5.32 Å². The van der Waals surface area contributed by atoms with E-state index in [2.05, 4.69) is 5.32 Å². The monoisotopic (exact) mass is 308 g/mol. The molecule has 0 spiro atoms. The highest BCUT2D eigenvalue weighted by Crippen LogP contribution is 2.18. The van der Waals surface area contributed by atoms with Gasteiger partial charge in [0.15, 0.2) is 5.76 Å². The molecule has 1 aromatic rings. The summed E-state index contributed by atoms with van der Waals surface area (Å²) < 4.78 is 5.07. The summed E-state index contributed by atoms with van der Waals surface area (Å²) in [7, 11) is 0. The van der Waals surface area contributed by atoms with E-state index in [0.717, 1.165) is 12.8 Å². The first-order chi connectivity index (χ1) is 10.5. The lowest BCUT2D eigenvalue weighted by Crippen LogP contribution is -2.53. The van der Waals surface area contributed by atoms with Gasteiger partial charge in [0.1, 0.15) is 6.04 Å². The van der Waals surface area contributed by atoms with Crippen molar-refractivity contribution >= 4 is 11.8 Å². The predicted octanol–water partition coefficient (Wildman–Crippen LogP) is 1.26. The molecule has 22 heavy (non-hydrogen) atoms. The summed E-state index contributed by atoms with van der Waals surface area (Å²) >= 11 is 0. The average Bonchev–Trinajstić information content (AvgIpc) is 3.06. The van der Waals surface area contributed by atoms with Crippen LogP contribution in [0.5, 0.6) is 0 Å². The summed E-state index contributed by atoms with van der Waals surface area (Å²) in [5.74, 6) is -0.168. The van der Waals surface area contributed by atoms with E-state index in [0.29, 0.717) is 13.1 Å². The van der Waals surface area contributed by atoms with E-state index < -0.39 is 6.04 Å². The van der Waals surface area contributed by atoms with Crippen LogP contribution >= 0.6 is 0 Å². The van der Waals surface area contributed by atoms with Crippen molar-refractivity contribution in [3.05, 3.63) is 24.2 Å². The number of piperidine rings is 1. The van der Waals surface area contributed by atoms with E-state index >= 15 is 0 Å². The lowest BCUT2D eigenvalue weighted by atomic mass is 9.96. The van der Waals surface area contributed by atoms with E-state index in [1.54, 1.807) is 17.0 Å². The molecule has 122 valence electrons. The zero-order valence-corrected chi connectivity index (χ0v) is 13.1. The van der Waals surface area contributed by atoms with Crippen LogP contribution in [0.3, 0.4) is 0 Å². The molecule has 1 fully saturated rings. The minimum Gasteiger partial charge on any atom is -0.459 e. The molecule has 1 aromatic heterocycles. The van der Waals surface area contributed by atoms with Crippen molar-refractivity contribution in [2.75, 3.05) is 19.7 Å². The van der Waals surface area contributed by atoms with Crippen LogP contribution in [-0.2, 0) is 4.79 Å². The maximum absolute atomic E-state index is 12.7. The Bertz CT molecular complexity index is 498. The number of likely N-dealkylation sites (tertiary alicyclic amines) is 1. The molecule has 2 unspecified atom stereocenters. The Kier molecular flexibility index (Phi) is 5.60. The molecule has 2 rings (SSSR count). The Hall–Kier alpha value is -1.82. The standard InChI is InChI=1S/C16H24N2O4/c1-11(2)14(17-15(20)13-6-4-8-22-13)16(21)18-7-3-5-12(9-18)10-19/h4,6,8,11-12,14,19H,3,5,7,9-10H2,1-2H3,(H,17,20). The van der Waals surface area contributed by atoms with Crippen LogP contribution in [0, 0.1) is 11.8 Å². The second-order valence-electron chi connectivity index (χ2n) is 6.15. The molecule has 0 bridgehead atoms. The van der Waals surface area contributed by atoms with Crippen LogP contribution in [0.15, 0.2) is 22.8 Å². The topological polar surface area (TPSA) is 82.8 Å². The first-order valence-electron chi connectivity index (χ1n) is 7.77. The summed E-state index contributed by atoms with van der Waals surface area (Å²) in [6, 6.07) is 2.62. The van der Waals surface area contributed by atoms with E-state index in [-0.39, 0.29) is 36.0 Å². The van der Waals surface area contributed by atoms with Crippen LogP contribution in [0.25, 0.3) is 0 Å². The number of hydrogen-bond acceptors (Lipinski definition) is 4. The number of carbonyl (C=O) groups excluding carboxylic acids is 2. The highest BCUT2D eigenvalue weighted by Gasteiger charge is 2.32. The molecule has 0 saturated carbocycles. The lowest BCUT2D eigenvalue weighted by Gasteiger charge is -2.35. The van der Waals surface area contributed by atoms with Gasteiger partial charge in [-0.2, -0.15) is 0 Å². The minimum atomic E-state index is -0.588. The molecular formula is C16H24N2O4. The maximum atomic E-state index is 12.7. The minimum absolute atomic E-state index is 0.0269. The molecule has 0 radical (unpaired) electrons. The predicted molar refractivity (Wildman–Crippen MR) is 81.2 cm³/mol. The molecule has 2 amide bonds. The van der Waals surface area contributed by atoms with Crippen molar-refractivity contribution in [1.82, 2.24) is 10.2 Å². The van der Waals surface area contributed by atoms with Crippen LogP contribution in [0.2, 0.25) is 0 Å². The zero-order chi connectivity index (χ0) is 16.1. The largest absolute Gasteiger partial charge is 0.459 e. The molecule has 6 nitrogen and oxygen atoms in total. The van der Waals surface area contributed by atoms with Crippen molar-refractivity contribution in [2.45, 2.75) is 32.7 Å². The molecule has 1 aliphatic heterocycles. The van der Waals surface area contributed by atoms with Gasteiger partial charge in [-0.05, 0) is 36.8 Å². The van der Waals surface area contributed by atoms with E-state index in [9.17, 15) is 14.7 Å². The third-order valence-electron chi connectivity index (χ3n) is 4.05. The summed E-state index contributed by atoms with van der Waals surface area (Å²) in [6.07, 6.45) is 3.25. The number of nitrogens with zero attached hydrogens (tertiary/aromatic N) is 1. The molecule has 0 aliphatic carbocycles. The van der Waals surface area contributed by atoms with Gasteiger partial charge in [0, 0.05) is 19.7 Å². The van der Waals surface area contributed by atoms with Crippen molar-refractivity contribution < 1.29 is 19.1 Å². The highest BCUT2D eigenvalue weighted by atomic mass is 16.3. The van der Waals surface area contributed by atoms with Gasteiger partial charge in [-0.25, -0.2) is 0 Å². The SMILES string of the molecule is CC(C)C(NC(=O)c1ccco1)C(=O)N1CCCC(CO)C1. The number of carbonyl (C=O) groups is 2. The number of hydrogen-bond donors (Lipinski definition) is 2. The second-order valence-corrected chi connectivity index (χ2v) is 6.15. The second kappa shape index (κ2) is 7.45. The maximum Gasteiger partial charge on any atom is 0.287 e. The number of furan rings is 1. The Balaban J connectivity index is 2.03. The zero-order valence-electron chi connectivity index (χ0n) is 13.1.